The van der Waals surface area contributed by atoms with Gasteiger partial charge in [0.1, 0.15) is 0 Å². The van der Waals surface area contributed by atoms with Gasteiger partial charge in [-0.2, -0.15) is 0 Å². The number of rotatable bonds is 2. The Balaban J connectivity index is 2.23. The summed E-state index contributed by atoms with van der Waals surface area (Å²) in [6, 6.07) is 1.56. The van der Waals surface area contributed by atoms with Gasteiger partial charge in [-0.3, -0.25) is 14.6 Å². The van der Waals surface area contributed by atoms with E-state index in [4.69, 9.17) is 4.52 Å². The van der Waals surface area contributed by atoms with E-state index < -0.39 is 0 Å². The van der Waals surface area contributed by atoms with Crippen LogP contribution in [0.1, 0.15) is 51.1 Å². The van der Waals surface area contributed by atoms with Crippen molar-refractivity contribution < 1.29 is 14.1 Å². The molecule has 18 heavy (non-hydrogen) atoms. The van der Waals surface area contributed by atoms with Crippen LogP contribution < -0.4 is 0 Å². The molecule has 0 aromatic carbocycles. The third-order valence-electron chi connectivity index (χ3n) is 2.99. The van der Waals surface area contributed by atoms with Crippen molar-refractivity contribution in [3.8, 4) is 0 Å². The van der Waals surface area contributed by atoms with Crippen LogP contribution in [0.3, 0.4) is 0 Å². The summed E-state index contributed by atoms with van der Waals surface area (Å²) in [6.45, 7) is 1.98. The van der Waals surface area contributed by atoms with Crippen molar-refractivity contribution in [2.45, 2.75) is 19.8 Å². The van der Waals surface area contributed by atoms with Crippen molar-refractivity contribution in [2.75, 3.05) is 0 Å². The Bertz CT molecular complexity index is 658. The van der Waals surface area contributed by atoms with Gasteiger partial charge >= 0.3 is 0 Å². The SMILES string of the molecule is CCCc1noc2c1C(=O)c1ccncc1C2=O. The molecule has 2 heterocycles. The molecule has 5 nitrogen and oxygen atoms in total. The predicted octanol–water partition coefficient (Wildman–Crippen LogP) is 1.80. The lowest BCUT2D eigenvalue weighted by Gasteiger charge is -2.11. The molecule has 1 aliphatic rings. The Morgan fingerprint density at radius 3 is 2.83 bits per heavy atom. The summed E-state index contributed by atoms with van der Waals surface area (Å²) in [6.07, 6.45) is 4.35. The number of hydrogen-bond donors (Lipinski definition) is 0. The molecule has 0 atom stereocenters. The van der Waals surface area contributed by atoms with Crippen LogP contribution >= 0.6 is 0 Å². The highest BCUT2D eigenvalue weighted by atomic mass is 16.5. The van der Waals surface area contributed by atoms with Gasteiger partial charge in [-0.25, -0.2) is 0 Å². The van der Waals surface area contributed by atoms with E-state index in [2.05, 4.69) is 10.1 Å². The minimum Gasteiger partial charge on any atom is -0.352 e. The average molecular weight is 242 g/mol. The summed E-state index contributed by atoms with van der Waals surface area (Å²) in [4.78, 5) is 28.3. The lowest BCUT2D eigenvalue weighted by molar-refractivity contribution is 0.0954. The summed E-state index contributed by atoms with van der Waals surface area (Å²) < 4.78 is 5.03. The first kappa shape index (κ1) is 10.8. The topological polar surface area (TPSA) is 73.1 Å². The standard InChI is InChI=1S/C13H10N2O3/c1-2-3-9-10-11(16)7-4-5-14-6-8(7)12(17)13(10)18-15-9/h4-6H,2-3H2,1H3. The van der Waals surface area contributed by atoms with Crippen molar-refractivity contribution in [1.29, 1.82) is 0 Å². The third kappa shape index (κ3) is 1.33. The Kier molecular flexibility index (Phi) is 2.33. The molecule has 2 aromatic heterocycles. The van der Waals surface area contributed by atoms with Crippen molar-refractivity contribution >= 4 is 11.6 Å². The number of carbonyl (C=O) groups excluding carboxylic acids is 2. The second kappa shape index (κ2) is 3.87. The summed E-state index contributed by atoms with van der Waals surface area (Å²) in [7, 11) is 0. The van der Waals surface area contributed by atoms with Crippen LogP contribution in [0.4, 0.5) is 0 Å². The number of nitrogens with zero attached hydrogens (tertiary/aromatic N) is 2. The number of hydrogen-bond acceptors (Lipinski definition) is 5. The molecule has 0 N–H and O–H groups in total. The quantitative estimate of drug-likeness (QED) is 0.685. The molecule has 0 aliphatic heterocycles. The average Bonchev–Trinajstić information content (AvgIpc) is 2.81. The van der Waals surface area contributed by atoms with E-state index in [9.17, 15) is 9.59 Å². The Hall–Kier alpha value is -2.30. The Morgan fingerprint density at radius 1 is 1.22 bits per heavy atom. The first-order valence-corrected chi connectivity index (χ1v) is 5.76. The fraction of sp³-hybridized carbons (Fsp3) is 0.231. The molecule has 0 amide bonds. The zero-order valence-electron chi connectivity index (χ0n) is 9.77. The van der Waals surface area contributed by atoms with Crippen LogP contribution in [0.5, 0.6) is 0 Å². The Labute approximate surface area is 103 Å². The smallest absolute Gasteiger partial charge is 0.234 e. The van der Waals surface area contributed by atoms with Gasteiger partial charge in [-0.15, -0.1) is 0 Å². The van der Waals surface area contributed by atoms with Crippen LogP contribution in [0.25, 0.3) is 0 Å². The zero-order chi connectivity index (χ0) is 12.7. The van der Waals surface area contributed by atoms with Crippen molar-refractivity contribution in [2.24, 2.45) is 0 Å². The lowest BCUT2D eigenvalue weighted by Crippen LogP contribution is -2.20. The predicted molar refractivity (Wildman–Crippen MR) is 61.6 cm³/mol. The molecule has 5 heteroatoms. The van der Waals surface area contributed by atoms with Gasteiger partial charge in [0, 0.05) is 18.0 Å². The molecule has 0 saturated carbocycles. The number of aryl methyl sites for hydroxylation is 1. The van der Waals surface area contributed by atoms with Crippen molar-refractivity contribution in [3.05, 3.63) is 46.6 Å². The van der Waals surface area contributed by atoms with Crippen LogP contribution in [0.15, 0.2) is 23.0 Å². The van der Waals surface area contributed by atoms with E-state index in [0.29, 0.717) is 23.2 Å². The number of pyridine rings is 1. The van der Waals surface area contributed by atoms with Gasteiger partial charge in [0.2, 0.25) is 11.5 Å². The summed E-state index contributed by atoms with van der Waals surface area (Å²) in [5.41, 5.74) is 1.55. The van der Waals surface area contributed by atoms with Gasteiger partial charge in [0.15, 0.2) is 5.78 Å². The molecule has 0 spiro atoms. The third-order valence-corrected chi connectivity index (χ3v) is 2.99. The fourth-order valence-corrected chi connectivity index (χ4v) is 2.15. The molecule has 1 aliphatic carbocycles. The molecule has 0 radical (unpaired) electrons. The maximum absolute atomic E-state index is 12.3. The molecule has 0 fully saturated rings. The van der Waals surface area contributed by atoms with E-state index in [-0.39, 0.29) is 22.9 Å². The Morgan fingerprint density at radius 2 is 2.06 bits per heavy atom. The largest absolute Gasteiger partial charge is 0.352 e. The molecular weight excluding hydrogens is 232 g/mol. The summed E-state index contributed by atoms with van der Waals surface area (Å²) >= 11 is 0. The zero-order valence-corrected chi connectivity index (χ0v) is 9.77. The maximum atomic E-state index is 12.3. The van der Waals surface area contributed by atoms with E-state index >= 15 is 0 Å². The highest BCUT2D eigenvalue weighted by molar-refractivity contribution is 6.27. The second-order valence-corrected chi connectivity index (χ2v) is 4.16. The van der Waals surface area contributed by atoms with Crippen LogP contribution in [-0.2, 0) is 6.42 Å². The number of aromatic nitrogens is 2. The van der Waals surface area contributed by atoms with Crippen molar-refractivity contribution in [1.82, 2.24) is 10.1 Å². The maximum Gasteiger partial charge on any atom is 0.234 e. The second-order valence-electron chi connectivity index (χ2n) is 4.16. The molecule has 0 unspecified atom stereocenters. The highest BCUT2D eigenvalue weighted by Gasteiger charge is 2.36. The van der Waals surface area contributed by atoms with E-state index in [1.54, 1.807) is 6.07 Å². The fourth-order valence-electron chi connectivity index (χ4n) is 2.15. The van der Waals surface area contributed by atoms with Crippen LogP contribution in [-0.4, -0.2) is 21.7 Å². The molecule has 0 bridgehead atoms. The lowest BCUT2D eigenvalue weighted by atomic mass is 9.88. The van der Waals surface area contributed by atoms with Gasteiger partial charge in [-0.05, 0) is 12.5 Å². The summed E-state index contributed by atoms with van der Waals surface area (Å²) in [5, 5.41) is 3.83. The minimum absolute atomic E-state index is 0.0453. The van der Waals surface area contributed by atoms with E-state index in [0.717, 1.165) is 6.42 Å². The van der Waals surface area contributed by atoms with E-state index in [1.165, 1.54) is 12.4 Å². The number of carbonyl (C=O) groups is 2. The van der Waals surface area contributed by atoms with Crippen molar-refractivity contribution in [3.63, 3.8) is 0 Å². The van der Waals surface area contributed by atoms with Crippen LogP contribution in [0, 0.1) is 0 Å². The number of ketones is 2. The van der Waals surface area contributed by atoms with Gasteiger partial charge in [-0.1, -0.05) is 18.5 Å². The highest BCUT2D eigenvalue weighted by Crippen LogP contribution is 2.29. The van der Waals surface area contributed by atoms with Gasteiger partial charge < -0.3 is 4.52 Å². The summed E-state index contributed by atoms with van der Waals surface area (Å²) in [5.74, 6) is -0.474. The minimum atomic E-state index is -0.317. The normalized spacial score (nSPS) is 13.4. The molecule has 2 aromatic rings. The monoisotopic (exact) mass is 242 g/mol. The molecule has 90 valence electrons. The first-order chi connectivity index (χ1) is 8.74. The molecule has 3 rings (SSSR count). The van der Waals surface area contributed by atoms with Gasteiger partial charge in [0.05, 0.1) is 16.8 Å². The first-order valence-electron chi connectivity index (χ1n) is 5.76. The number of fused-ring (bicyclic) bond motifs is 2. The molecular formula is C13H10N2O3. The van der Waals surface area contributed by atoms with E-state index in [1.807, 2.05) is 6.92 Å². The van der Waals surface area contributed by atoms with Gasteiger partial charge in [0.25, 0.3) is 0 Å². The van der Waals surface area contributed by atoms with Crippen LogP contribution in [0.2, 0.25) is 0 Å². The molecule has 0 saturated heterocycles.